The van der Waals surface area contributed by atoms with Crippen LogP contribution >= 0.6 is 24.8 Å². The smallest absolute Gasteiger partial charge is 0.132 e. The van der Waals surface area contributed by atoms with Crippen LogP contribution in [-0.2, 0) is 0 Å². The number of hydrogen-bond acceptors (Lipinski definition) is 4. The van der Waals surface area contributed by atoms with Crippen LogP contribution in [-0.4, -0.2) is 29.1 Å². The van der Waals surface area contributed by atoms with Crippen molar-refractivity contribution in [3.63, 3.8) is 0 Å². The van der Waals surface area contributed by atoms with Gasteiger partial charge in [-0.3, -0.25) is 0 Å². The molecule has 1 fully saturated rings. The van der Waals surface area contributed by atoms with Gasteiger partial charge in [0, 0.05) is 36.8 Å². The molecule has 2 aliphatic rings. The molecule has 0 radical (unpaired) electrons. The molecular weight excluding hydrogens is 374 g/mol. The quantitative estimate of drug-likeness (QED) is 0.852. The minimum Gasteiger partial charge on any atom is -0.352 e. The second-order valence-corrected chi connectivity index (χ2v) is 6.66. The van der Waals surface area contributed by atoms with E-state index in [0.29, 0.717) is 12.0 Å². The molecule has 1 aliphatic heterocycles. The second kappa shape index (κ2) is 8.80. The maximum Gasteiger partial charge on any atom is 0.132 e. The van der Waals surface area contributed by atoms with Gasteiger partial charge in [0.05, 0.1) is 0 Å². The Kier molecular flexibility index (Phi) is 6.98. The molecule has 26 heavy (non-hydrogen) atoms. The first-order valence-electron chi connectivity index (χ1n) is 8.46. The van der Waals surface area contributed by atoms with E-state index in [-0.39, 0.29) is 30.6 Å². The average Bonchev–Trinajstić information content (AvgIpc) is 2.60. The zero-order valence-electron chi connectivity index (χ0n) is 14.3. The van der Waals surface area contributed by atoms with Gasteiger partial charge in [-0.1, -0.05) is 18.2 Å². The Morgan fingerprint density at radius 1 is 1.08 bits per heavy atom. The molecule has 0 bridgehead atoms. The molecule has 1 aliphatic carbocycles. The third kappa shape index (κ3) is 4.34. The van der Waals surface area contributed by atoms with Crippen molar-refractivity contribution >= 4 is 36.2 Å². The number of nitrogens with two attached hydrogens (primary N) is 1. The fourth-order valence-electron chi connectivity index (χ4n) is 3.46. The van der Waals surface area contributed by atoms with Crippen molar-refractivity contribution in [2.45, 2.75) is 31.2 Å². The van der Waals surface area contributed by atoms with Gasteiger partial charge in [-0.05, 0) is 42.5 Å². The first kappa shape index (κ1) is 20.6. The molecule has 1 saturated carbocycles. The van der Waals surface area contributed by atoms with Gasteiger partial charge in [0.25, 0.3) is 0 Å². The van der Waals surface area contributed by atoms with Gasteiger partial charge in [0.1, 0.15) is 18.0 Å². The highest BCUT2D eigenvalue weighted by Crippen LogP contribution is 2.35. The van der Waals surface area contributed by atoms with Crippen molar-refractivity contribution < 1.29 is 4.39 Å². The highest BCUT2D eigenvalue weighted by Gasteiger charge is 2.29. The number of benzene rings is 1. The van der Waals surface area contributed by atoms with Crippen LogP contribution in [0.15, 0.2) is 42.7 Å². The minimum atomic E-state index is -0.194. The van der Waals surface area contributed by atoms with E-state index in [0.717, 1.165) is 49.4 Å². The van der Waals surface area contributed by atoms with E-state index >= 15 is 0 Å². The first-order valence-corrected chi connectivity index (χ1v) is 8.46. The van der Waals surface area contributed by atoms with Gasteiger partial charge in [0.15, 0.2) is 0 Å². The number of hydrogen-bond donors (Lipinski definition) is 1. The fourth-order valence-corrected chi connectivity index (χ4v) is 3.46. The Labute approximate surface area is 165 Å². The standard InChI is InChI=1S/C19H21FN4.2ClH/c20-16-3-1-13(2-4-16)14-5-7-24(8-6-14)19-11-18(22-12-23-19)15-9-17(21)10-15;;/h1-5,11-12,15,17H,6-10,21H2;2*1H. The summed E-state index contributed by atoms with van der Waals surface area (Å²) in [6.45, 7) is 1.72. The maximum absolute atomic E-state index is 13.0. The summed E-state index contributed by atoms with van der Waals surface area (Å²) in [6, 6.07) is 9.15. The summed E-state index contributed by atoms with van der Waals surface area (Å²) in [4.78, 5) is 11.1. The summed E-state index contributed by atoms with van der Waals surface area (Å²) in [5, 5.41) is 0. The summed E-state index contributed by atoms with van der Waals surface area (Å²) in [6.07, 6.45) is 6.83. The van der Waals surface area contributed by atoms with Crippen molar-refractivity contribution in [2.75, 3.05) is 18.0 Å². The lowest BCUT2D eigenvalue weighted by Gasteiger charge is -2.33. The number of halogens is 3. The molecule has 7 heteroatoms. The van der Waals surface area contributed by atoms with Crippen molar-refractivity contribution in [1.82, 2.24) is 9.97 Å². The van der Waals surface area contributed by atoms with Crippen LogP contribution in [0.2, 0.25) is 0 Å². The Morgan fingerprint density at radius 3 is 2.42 bits per heavy atom. The molecular formula is C19H23Cl2FN4. The van der Waals surface area contributed by atoms with E-state index in [4.69, 9.17) is 5.73 Å². The summed E-state index contributed by atoms with van der Waals surface area (Å²) >= 11 is 0. The number of rotatable bonds is 3. The molecule has 0 atom stereocenters. The van der Waals surface area contributed by atoms with E-state index in [1.165, 1.54) is 17.7 Å². The molecule has 0 saturated heterocycles. The minimum absolute atomic E-state index is 0. The molecule has 1 aromatic heterocycles. The first-order chi connectivity index (χ1) is 11.7. The lowest BCUT2D eigenvalue weighted by molar-refractivity contribution is 0.345. The lowest BCUT2D eigenvalue weighted by atomic mass is 9.78. The zero-order chi connectivity index (χ0) is 16.5. The molecule has 4 rings (SSSR count). The van der Waals surface area contributed by atoms with Crippen LogP contribution in [0.25, 0.3) is 5.57 Å². The third-order valence-corrected chi connectivity index (χ3v) is 5.01. The highest BCUT2D eigenvalue weighted by molar-refractivity contribution is 5.85. The molecule has 1 aromatic carbocycles. The van der Waals surface area contributed by atoms with Crippen molar-refractivity contribution in [2.24, 2.45) is 5.73 Å². The van der Waals surface area contributed by atoms with Gasteiger partial charge >= 0.3 is 0 Å². The van der Waals surface area contributed by atoms with E-state index in [1.54, 1.807) is 6.33 Å². The largest absolute Gasteiger partial charge is 0.352 e. The van der Waals surface area contributed by atoms with Gasteiger partial charge < -0.3 is 10.6 Å². The highest BCUT2D eigenvalue weighted by atomic mass is 35.5. The van der Waals surface area contributed by atoms with Crippen LogP contribution in [0.3, 0.4) is 0 Å². The number of nitrogens with zero attached hydrogens (tertiary/aromatic N) is 3. The van der Waals surface area contributed by atoms with Gasteiger partial charge in [-0.2, -0.15) is 0 Å². The van der Waals surface area contributed by atoms with Gasteiger partial charge in [0.2, 0.25) is 0 Å². The second-order valence-electron chi connectivity index (χ2n) is 6.66. The van der Waals surface area contributed by atoms with Crippen LogP contribution in [0.1, 0.15) is 36.4 Å². The number of aromatic nitrogens is 2. The lowest BCUT2D eigenvalue weighted by Crippen LogP contribution is -2.35. The molecule has 0 unspecified atom stereocenters. The van der Waals surface area contributed by atoms with Gasteiger partial charge in [-0.25, -0.2) is 14.4 Å². The van der Waals surface area contributed by atoms with Crippen LogP contribution in [0, 0.1) is 5.82 Å². The Morgan fingerprint density at radius 2 is 1.81 bits per heavy atom. The van der Waals surface area contributed by atoms with Crippen LogP contribution in [0.4, 0.5) is 10.2 Å². The molecule has 0 amide bonds. The molecule has 2 aromatic rings. The van der Waals surface area contributed by atoms with E-state index in [9.17, 15) is 4.39 Å². The Hall–Kier alpha value is -1.69. The molecule has 0 spiro atoms. The van der Waals surface area contributed by atoms with Crippen LogP contribution < -0.4 is 10.6 Å². The molecule has 4 nitrogen and oxygen atoms in total. The third-order valence-electron chi connectivity index (χ3n) is 5.01. The SMILES string of the molecule is Cl.Cl.NC1CC(c2cc(N3CC=C(c4ccc(F)cc4)CC3)ncn2)C1. The fraction of sp³-hybridized carbons (Fsp3) is 0.368. The zero-order valence-corrected chi connectivity index (χ0v) is 16.0. The van der Waals surface area contributed by atoms with Gasteiger partial charge in [-0.15, -0.1) is 24.8 Å². The van der Waals surface area contributed by atoms with E-state index in [2.05, 4.69) is 27.0 Å². The van der Waals surface area contributed by atoms with Crippen LogP contribution in [0.5, 0.6) is 0 Å². The Bertz CT molecular complexity index is 760. The van der Waals surface area contributed by atoms with E-state index in [1.807, 2.05) is 12.1 Å². The summed E-state index contributed by atoms with van der Waals surface area (Å²) in [5.74, 6) is 1.27. The predicted octanol–water partition coefficient (Wildman–Crippen LogP) is 3.96. The topological polar surface area (TPSA) is 55.0 Å². The Balaban J connectivity index is 0.00000121. The van der Waals surface area contributed by atoms with Crippen molar-refractivity contribution in [1.29, 1.82) is 0 Å². The molecule has 2 N–H and O–H groups in total. The van der Waals surface area contributed by atoms with E-state index < -0.39 is 0 Å². The van der Waals surface area contributed by atoms with Crippen molar-refractivity contribution in [3.8, 4) is 0 Å². The normalized spacial score (nSPS) is 21.8. The maximum atomic E-state index is 13.0. The summed E-state index contributed by atoms with van der Waals surface area (Å²) in [7, 11) is 0. The molecule has 140 valence electrons. The number of anilines is 1. The van der Waals surface area contributed by atoms with Crippen molar-refractivity contribution in [3.05, 3.63) is 59.8 Å². The average molecular weight is 397 g/mol. The summed E-state index contributed by atoms with van der Waals surface area (Å²) in [5.41, 5.74) is 9.36. The molecule has 2 heterocycles. The summed E-state index contributed by atoms with van der Waals surface area (Å²) < 4.78 is 13.0. The predicted molar refractivity (Wildman–Crippen MR) is 108 cm³/mol. The monoisotopic (exact) mass is 396 g/mol.